The van der Waals surface area contributed by atoms with Gasteiger partial charge < -0.3 is 9.67 Å². The van der Waals surface area contributed by atoms with Crippen LogP contribution in [0, 0.1) is 6.92 Å². The largest absolute Gasteiger partial charge is 0.393 e. The molecule has 0 radical (unpaired) electrons. The zero-order valence-electron chi connectivity index (χ0n) is 17.1. The summed E-state index contributed by atoms with van der Waals surface area (Å²) in [7, 11) is 2.10. The zero-order valence-corrected chi connectivity index (χ0v) is 17.1. The van der Waals surface area contributed by atoms with Gasteiger partial charge in [-0.05, 0) is 51.3 Å². The minimum Gasteiger partial charge on any atom is -0.393 e. The Morgan fingerprint density at radius 3 is 2.64 bits per heavy atom. The van der Waals surface area contributed by atoms with Crippen LogP contribution in [0.4, 0.5) is 0 Å². The molecular formula is C21H32N6O. The number of hydrogen-bond donors (Lipinski definition) is 1. The van der Waals surface area contributed by atoms with Gasteiger partial charge in [0.15, 0.2) is 0 Å². The van der Waals surface area contributed by atoms with E-state index in [-0.39, 0.29) is 6.10 Å². The van der Waals surface area contributed by atoms with Gasteiger partial charge in [0.1, 0.15) is 11.6 Å². The van der Waals surface area contributed by atoms with E-state index >= 15 is 0 Å². The number of nitrogens with zero attached hydrogens (tertiary/aromatic N) is 6. The maximum Gasteiger partial charge on any atom is 0.146 e. The fourth-order valence-corrected chi connectivity index (χ4v) is 4.47. The van der Waals surface area contributed by atoms with Crippen LogP contribution in [-0.4, -0.2) is 66.9 Å². The lowest BCUT2D eigenvalue weighted by atomic mass is 9.97. The first-order valence-electron chi connectivity index (χ1n) is 10.5. The van der Waals surface area contributed by atoms with Crippen LogP contribution in [0.2, 0.25) is 0 Å². The Hall–Kier alpha value is -1.83. The highest BCUT2D eigenvalue weighted by Gasteiger charge is 2.27. The molecule has 2 aliphatic rings. The van der Waals surface area contributed by atoms with Crippen molar-refractivity contribution in [3.63, 3.8) is 0 Å². The van der Waals surface area contributed by atoms with E-state index in [0.717, 1.165) is 75.1 Å². The topological polar surface area (TPSA) is 70.3 Å². The van der Waals surface area contributed by atoms with E-state index in [9.17, 15) is 5.11 Å². The van der Waals surface area contributed by atoms with Crippen LogP contribution < -0.4 is 0 Å². The number of hydrogen-bond acceptors (Lipinski definition) is 6. The number of aliphatic hydroxyl groups is 1. The van der Waals surface area contributed by atoms with Gasteiger partial charge in [0.05, 0.1) is 18.3 Å². The summed E-state index contributed by atoms with van der Waals surface area (Å²) in [6.45, 7) is 7.77. The van der Waals surface area contributed by atoms with Crippen molar-refractivity contribution in [1.29, 1.82) is 0 Å². The smallest absolute Gasteiger partial charge is 0.146 e. The van der Waals surface area contributed by atoms with Crippen molar-refractivity contribution in [1.82, 2.24) is 29.5 Å². The average molecular weight is 385 g/mol. The monoisotopic (exact) mass is 384 g/mol. The molecule has 4 rings (SSSR count). The van der Waals surface area contributed by atoms with Gasteiger partial charge in [-0.15, -0.1) is 10.2 Å². The van der Waals surface area contributed by atoms with Gasteiger partial charge in [-0.3, -0.25) is 14.8 Å². The summed E-state index contributed by atoms with van der Waals surface area (Å²) in [6, 6.07) is 6.26. The number of pyridine rings is 1. The molecule has 152 valence electrons. The molecule has 0 bridgehead atoms. The maximum absolute atomic E-state index is 9.70. The van der Waals surface area contributed by atoms with E-state index in [1.165, 1.54) is 12.8 Å². The fraction of sp³-hybridized carbons (Fsp3) is 0.667. The lowest BCUT2D eigenvalue weighted by Gasteiger charge is -2.32. The molecule has 1 atom stereocenters. The predicted molar refractivity (Wildman–Crippen MR) is 108 cm³/mol. The first-order chi connectivity index (χ1) is 13.6. The summed E-state index contributed by atoms with van der Waals surface area (Å²) in [5, 5.41) is 18.8. The van der Waals surface area contributed by atoms with Crippen molar-refractivity contribution >= 4 is 0 Å². The summed E-state index contributed by atoms with van der Waals surface area (Å²) in [5.41, 5.74) is 2.22. The lowest BCUT2D eigenvalue weighted by molar-refractivity contribution is 0.0775. The third kappa shape index (κ3) is 4.59. The van der Waals surface area contributed by atoms with Crippen LogP contribution in [0.1, 0.15) is 54.6 Å². The molecule has 0 aromatic carbocycles. The maximum atomic E-state index is 9.70. The molecule has 0 amide bonds. The minimum atomic E-state index is -0.137. The molecule has 0 saturated carbocycles. The normalized spacial score (nSPS) is 22.6. The van der Waals surface area contributed by atoms with Crippen molar-refractivity contribution < 1.29 is 5.11 Å². The minimum absolute atomic E-state index is 0.137. The van der Waals surface area contributed by atoms with Gasteiger partial charge in [0.2, 0.25) is 0 Å². The number of likely N-dealkylation sites (tertiary alicyclic amines) is 2. The van der Waals surface area contributed by atoms with Crippen LogP contribution in [-0.2, 0) is 20.1 Å². The number of aliphatic hydroxyl groups excluding tert-OH is 1. The summed E-state index contributed by atoms with van der Waals surface area (Å²) < 4.78 is 2.20. The lowest BCUT2D eigenvalue weighted by Crippen LogP contribution is -2.36. The van der Waals surface area contributed by atoms with Crippen LogP contribution in [0.5, 0.6) is 0 Å². The Morgan fingerprint density at radius 1 is 1.04 bits per heavy atom. The number of aromatic nitrogens is 4. The molecule has 28 heavy (non-hydrogen) atoms. The molecule has 4 heterocycles. The summed E-state index contributed by atoms with van der Waals surface area (Å²) in [6.07, 6.45) is 3.93. The Bertz CT molecular complexity index is 783. The van der Waals surface area contributed by atoms with E-state index in [1.54, 1.807) is 0 Å². The molecule has 2 fully saturated rings. The summed E-state index contributed by atoms with van der Waals surface area (Å²) in [4.78, 5) is 9.53. The zero-order chi connectivity index (χ0) is 19.5. The van der Waals surface area contributed by atoms with Crippen LogP contribution in [0.25, 0.3) is 0 Å². The second-order valence-electron chi connectivity index (χ2n) is 8.39. The van der Waals surface area contributed by atoms with Gasteiger partial charge in [-0.25, -0.2) is 0 Å². The molecule has 7 heteroatoms. The van der Waals surface area contributed by atoms with Gasteiger partial charge in [0.25, 0.3) is 0 Å². The van der Waals surface area contributed by atoms with Gasteiger partial charge >= 0.3 is 0 Å². The van der Waals surface area contributed by atoms with Crippen molar-refractivity contribution in [3.8, 4) is 0 Å². The van der Waals surface area contributed by atoms with Gasteiger partial charge in [0, 0.05) is 44.8 Å². The molecule has 7 nitrogen and oxygen atoms in total. The Labute approximate surface area is 167 Å². The van der Waals surface area contributed by atoms with Crippen molar-refractivity contribution in [3.05, 3.63) is 41.2 Å². The fourth-order valence-electron chi connectivity index (χ4n) is 4.47. The number of piperidine rings is 2. The Balaban J connectivity index is 1.39. The highest BCUT2D eigenvalue weighted by Crippen LogP contribution is 2.27. The van der Waals surface area contributed by atoms with E-state index in [1.807, 2.05) is 13.0 Å². The number of rotatable bonds is 5. The van der Waals surface area contributed by atoms with E-state index in [0.29, 0.717) is 5.92 Å². The first-order valence-corrected chi connectivity index (χ1v) is 10.5. The van der Waals surface area contributed by atoms with E-state index < -0.39 is 0 Å². The molecule has 2 saturated heterocycles. The molecular weight excluding hydrogens is 352 g/mol. The molecule has 0 spiro atoms. The molecule has 0 unspecified atom stereocenters. The Morgan fingerprint density at radius 2 is 1.86 bits per heavy atom. The molecule has 0 aliphatic carbocycles. The predicted octanol–water partition coefficient (Wildman–Crippen LogP) is 1.85. The quantitative estimate of drug-likeness (QED) is 0.848. The van der Waals surface area contributed by atoms with Crippen LogP contribution in [0.15, 0.2) is 18.2 Å². The molecule has 2 aromatic heterocycles. The van der Waals surface area contributed by atoms with Crippen LogP contribution in [0.3, 0.4) is 0 Å². The molecule has 1 N–H and O–H groups in total. The van der Waals surface area contributed by atoms with E-state index in [2.05, 4.69) is 48.7 Å². The average Bonchev–Trinajstić information content (AvgIpc) is 3.04. The van der Waals surface area contributed by atoms with Crippen LogP contribution >= 0.6 is 0 Å². The Kier molecular flexibility index (Phi) is 6.04. The second kappa shape index (κ2) is 8.68. The highest BCUT2D eigenvalue weighted by atomic mass is 16.3. The van der Waals surface area contributed by atoms with Crippen molar-refractivity contribution in [2.24, 2.45) is 7.05 Å². The summed E-state index contributed by atoms with van der Waals surface area (Å²) in [5.74, 6) is 2.56. The third-order valence-corrected chi connectivity index (χ3v) is 6.12. The standard InChI is InChI=1S/C21H32N6O/c1-16-5-3-7-18(22-16)14-27-10-4-6-17(13-27)21-24-23-20(25(21)2)15-26-11-8-19(28)9-12-26/h3,5,7,17,19,28H,4,6,8-15H2,1-2H3/t17-/m1/s1. The molecule has 2 aliphatic heterocycles. The number of aryl methyl sites for hydroxylation is 1. The van der Waals surface area contributed by atoms with Gasteiger partial charge in [-0.2, -0.15) is 0 Å². The highest BCUT2D eigenvalue weighted by molar-refractivity contribution is 5.10. The molecule has 2 aromatic rings. The SMILES string of the molecule is Cc1cccc(CN2CCC[C@@H](c3nnc(CN4CCC(O)CC4)n3C)C2)n1. The third-order valence-electron chi connectivity index (χ3n) is 6.12. The summed E-state index contributed by atoms with van der Waals surface area (Å²) >= 11 is 0. The van der Waals surface area contributed by atoms with Crippen molar-refractivity contribution in [2.75, 3.05) is 26.2 Å². The first kappa shape index (κ1) is 19.5. The second-order valence-corrected chi connectivity index (χ2v) is 8.39. The van der Waals surface area contributed by atoms with E-state index in [4.69, 9.17) is 0 Å². The van der Waals surface area contributed by atoms with Crippen molar-refractivity contribution in [2.45, 2.75) is 57.7 Å². The van der Waals surface area contributed by atoms with Gasteiger partial charge in [-0.1, -0.05) is 6.07 Å².